The van der Waals surface area contributed by atoms with Gasteiger partial charge in [-0.3, -0.25) is 0 Å². The van der Waals surface area contributed by atoms with Crippen molar-refractivity contribution in [2.24, 2.45) is 5.92 Å². The van der Waals surface area contributed by atoms with Crippen molar-refractivity contribution in [3.63, 3.8) is 0 Å². The molecule has 0 aliphatic carbocycles. The number of rotatable bonds is 0. The summed E-state index contributed by atoms with van der Waals surface area (Å²) in [5.41, 5.74) is 0. The van der Waals surface area contributed by atoms with Crippen LogP contribution < -0.4 is 0 Å². The third kappa shape index (κ3) is 1.66. The Balaban J connectivity index is 2.33. The Kier molecular flexibility index (Phi) is 2.10. The van der Waals surface area contributed by atoms with E-state index < -0.39 is 0 Å². The Bertz CT molecular complexity index is 86.4. The van der Waals surface area contributed by atoms with E-state index in [2.05, 4.69) is 19.1 Å². The van der Waals surface area contributed by atoms with Gasteiger partial charge in [0.15, 0.2) is 0 Å². The van der Waals surface area contributed by atoms with Crippen LogP contribution in [0.2, 0.25) is 0 Å². The zero-order valence-corrected chi connectivity index (χ0v) is 5.26. The number of hydrogen-bond acceptors (Lipinski definition) is 1. The van der Waals surface area contributed by atoms with E-state index in [1.54, 1.807) is 0 Å². The summed E-state index contributed by atoms with van der Waals surface area (Å²) < 4.78 is 5.24. The summed E-state index contributed by atoms with van der Waals surface area (Å²) in [4.78, 5) is 0. The highest BCUT2D eigenvalue weighted by molar-refractivity contribution is 4.87. The molecule has 1 unspecified atom stereocenters. The predicted molar refractivity (Wildman–Crippen MR) is 33.7 cm³/mol. The molecule has 0 bridgehead atoms. The van der Waals surface area contributed by atoms with Crippen LogP contribution in [0, 0.1) is 5.92 Å². The second kappa shape index (κ2) is 2.88. The van der Waals surface area contributed by atoms with Gasteiger partial charge in [-0.05, 0) is 12.3 Å². The second-order valence-electron chi connectivity index (χ2n) is 2.27. The monoisotopic (exact) mass is 112 g/mol. The molecule has 0 saturated carbocycles. The van der Waals surface area contributed by atoms with Gasteiger partial charge in [0.2, 0.25) is 0 Å². The maximum atomic E-state index is 5.24. The fourth-order valence-corrected chi connectivity index (χ4v) is 0.805. The molecule has 0 spiro atoms. The van der Waals surface area contributed by atoms with E-state index in [0.717, 1.165) is 19.6 Å². The molecule has 1 atom stereocenters. The lowest BCUT2D eigenvalue weighted by atomic mass is 10.2. The van der Waals surface area contributed by atoms with Gasteiger partial charge in [0, 0.05) is 0 Å². The van der Waals surface area contributed by atoms with Gasteiger partial charge in [-0.15, -0.1) is 0 Å². The normalized spacial score (nSPS) is 29.9. The fourth-order valence-electron chi connectivity index (χ4n) is 0.805. The Hall–Kier alpha value is -0.300. The minimum atomic E-state index is 0.623. The Morgan fingerprint density at radius 3 is 3.38 bits per heavy atom. The van der Waals surface area contributed by atoms with E-state index in [4.69, 9.17) is 4.74 Å². The van der Waals surface area contributed by atoms with Crippen LogP contribution in [0.3, 0.4) is 0 Å². The van der Waals surface area contributed by atoms with E-state index in [9.17, 15) is 0 Å². The fraction of sp³-hybridized carbons (Fsp3) is 0.714. The molecule has 0 aromatic carbocycles. The predicted octanol–water partition coefficient (Wildman–Crippen LogP) is 1.60. The average Bonchev–Trinajstić information content (AvgIpc) is 1.94. The lowest BCUT2D eigenvalue weighted by molar-refractivity contribution is 0.126. The first-order chi connectivity index (χ1) is 3.89. The van der Waals surface area contributed by atoms with Crippen LogP contribution in [0.4, 0.5) is 0 Å². The summed E-state index contributed by atoms with van der Waals surface area (Å²) in [6, 6.07) is 0. The first-order valence-electron chi connectivity index (χ1n) is 3.14. The van der Waals surface area contributed by atoms with E-state index in [0.29, 0.717) is 5.92 Å². The highest BCUT2D eigenvalue weighted by Gasteiger charge is 1.98. The van der Waals surface area contributed by atoms with E-state index in [1.165, 1.54) is 0 Å². The highest BCUT2D eigenvalue weighted by Crippen LogP contribution is 2.03. The Labute approximate surface area is 50.3 Å². The van der Waals surface area contributed by atoms with Crippen molar-refractivity contribution >= 4 is 0 Å². The van der Waals surface area contributed by atoms with Crippen molar-refractivity contribution in [3.8, 4) is 0 Å². The van der Waals surface area contributed by atoms with Crippen molar-refractivity contribution in [1.29, 1.82) is 0 Å². The lowest BCUT2D eigenvalue weighted by Crippen LogP contribution is -2.00. The van der Waals surface area contributed by atoms with Crippen molar-refractivity contribution in [3.05, 3.63) is 12.2 Å². The molecule has 0 amide bonds. The Morgan fingerprint density at radius 2 is 2.50 bits per heavy atom. The largest absolute Gasteiger partial charge is 0.381 e. The maximum Gasteiger partial charge on any atom is 0.0526 e. The molecule has 8 heavy (non-hydrogen) atoms. The summed E-state index contributed by atoms with van der Waals surface area (Å²) in [7, 11) is 0. The van der Waals surface area contributed by atoms with Crippen LogP contribution in [-0.2, 0) is 4.74 Å². The summed E-state index contributed by atoms with van der Waals surface area (Å²) in [6.07, 6.45) is 5.50. The molecular weight excluding hydrogens is 100 g/mol. The zero-order valence-electron chi connectivity index (χ0n) is 5.26. The first-order valence-corrected chi connectivity index (χ1v) is 3.14. The molecule has 0 N–H and O–H groups in total. The number of hydrogen-bond donors (Lipinski definition) is 0. The van der Waals surface area contributed by atoms with Gasteiger partial charge in [-0.25, -0.2) is 0 Å². The third-order valence-corrected chi connectivity index (χ3v) is 1.27. The van der Waals surface area contributed by atoms with Crippen molar-refractivity contribution in [1.82, 2.24) is 0 Å². The maximum absolute atomic E-state index is 5.24. The van der Waals surface area contributed by atoms with Gasteiger partial charge in [-0.2, -0.15) is 0 Å². The molecule has 1 aliphatic heterocycles. The minimum Gasteiger partial charge on any atom is -0.381 e. The standard InChI is InChI=1S/C7H12O/c1-7-4-2-3-5-8-6-7/h2,4,7H,3,5-6H2,1H3. The number of ether oxygens (including phenoxy) is 1. The van der Waals surface area contributed by atoms with Gasteiger partial charge >= 0.3 is 0 Å². The SMILES string of the molecule is CC1C=CCCOC1. The van der Waals surface area contributed by atoms with Crippen LogP contribution >= 0.6 is 0 Å². The second-order valence-corrected chi connectivity index (χ2v) is 2.27. The third-order valence-electron chi connectivity index (χ3n) is 1.27. The van der Waals surface area contributed by atoms with Crippen LogP contribution in [-0.4, -0.2) is 13.2 Å². The molecule has 0 aromatic heterocycles. The molecule has 46 valence electrons. The van der Waals surface area contributed by atoms with Gasteiger partial charge in [0.25, 0.3) is 0 Å². The molecule has 1 rings (SSSR count). The summed E-state index contributed by atoms with van der Waals surface area (Å²) >= 11 is 0. The molecule has 0 aromatic rings. The molecule has 0 fully saturated rings. The van der Waals surface area contributed by atoms with Crippen LogP contribution in [0.1, 0.15) is 13.3 Å². The quantitative estimate of drug-likeness (QED) is 0.432. The van der Waals surface area contributed by atoms with E-state index in [-0.39, 0.29) is 0 Å². The molecule has 1 aliphatic rings. The molecule has 0 saturated heterocycles. The topological polar surface area (TPSA) is 9.23 Å². The molecule has 1 nitrogen and oxygen atoms in total. The molecule has 1 heteroatoms. The van der Waals surface area contributed by atoms with Crippen LogP contribution in [0.15, 0.2) is 12.2 Å². The van der Waals surface area contributed by atoms with Gasteiger partial charge < -0.3 is 4.74 Å². The molecule has 1 heterocycles. The van der Waals surface area contributed by atoms with Crippen molar-refractivity contribution < 1.29 is 4.74 Å². The molecular formula is C7H12O. The average molecular weight is 112 g/mol. The molecule has 0 radical (unpaired) electrons. The minimum absolute atomic E-state index is 0.623. The summed E-state index contributed by atoms with van der Waals surface area (Å²) in [5.74, 6) is 0.623. The summed E-state index contributed by atoms with van der Waals surface area (Å²) in [5, 5.41) is 0. The Morgan fingerprint density at radius 1 is 1.62 bits per heavy atom. The first kappa shape index (κ1) is 5.83. The van der Waals surface area contributed by atoms with Gasteiger partial charge in [0.1, 0.15) is 0 Å². The van der Waals surface area contributed by atoms with E-state index in [1.807, 2.05) is 0 Å². The van der Waals surface area contributed by atoms with Crippen molar-refractivity contribution in [2.45, 2.75) is 13.3 Å². The van der Waals surface area contributed by atoms with Crippen molar-refractivity contribution in [2.75, 3.05) is 13.2 Å². The highest BCUT2D eigenvalue weighted by atomic mass is 16.5. The van der Waals surface area contributed by atoms with Crippen LogP contribution in [0.5, 0.6) is 0 Å². The smallest absolute Gasteiger partial charge is 0.0526 e. The van der Waals surface area contributed by atoms with Crippen LogP contribution in [0.25, 0.3) is 0 Å². The lowest BCUT2D eigenvalue weighted by Gasteiger charge is -2.00. The van der Waals surface area contributed by atoms with E-state index >= 15 is 0 Å². The zero-order chi connectivity index (χ0) is 5.82. The van der Waals surface area contributed by atoms with Gasteiger partial charge in [-0.1, -0.05) is 19.1 Å². The van der Waals surface area contributed by atoms with Gasteiger partial charge in [0.05, 0.1) is 13.2 Å². The summed E-state index contributed by atoms with van der Waals surface area (Å²) in [6.45, 7) is 3.97.